The Morgan fingerprint density at radius 2 is 2.11 bits per heavy atom. The maximum absolute atomic E-state index is 12.8. The van der Waals surface area contributed by atoms with Crippen molar-refractivity contribution < 1.29 is 9.18 Å². The van der Waals surface area contributed by atoms with Crippen LogP contribution in [0.15, 0.2) is 18.2 Å². The molecule has 1 fully saturated rings. The van der Waals surface area contributed by atoms with Crippen molar-refractivity contribution in [2.24, 2.45) is 5.92 Å². The fraction of sp³-hybridized carbons (Fsp3) is 0.571. The molecular weight excluding hydrogens is 231 g/mol. The molecule has 18 heavy (non-hydrogen) atoms. The van der Waals surface area contributed by atoms with Crippen molar-refractivity contribution in [1.29, 1.82) is 0 Å². The number of halogens is 1. The van der Waals surface area contributed by atoms with E-state index in [9.17, 15) is 9.18 Å². The lowest BCUT2D eigenvalue weighted by Crippen LogP contribution is -2.15. The molecule has 1 aromatic heterocycles. The molecule has 1 saturated carbocycles. The highest BCUT2D eigenvalue weighted by atomic mass is 19.1. The zero-order valence-corrected chi connectivity index (χ0v) is 10.5. The molecule has 0 aromatic carbocycles. The lowest BCUT2D eigenvalue weighted by molar-refractivity contribution is -0.116. The van der Waals surface area contributed by atoms with E-state index < -0.39 is 5.95 Å². The molecule has 4 heteroatoms. The number of pyridine rings is 1. The smallest absolute Gasteiger partial charge is 0.225 e. The Kier molecular flexibility index (Phi) is 4.67. The number of hydrogen-bond donors (Lipinski definition) is 1. The highest BCUT2D eigenvalue weighted by Crippen LogP contribution is 2.27. The fourth-order valence-electron chi connectivity index (χ4n) is 2.49. The Morgan fingerprint density at radius 1 is 1.33 bits per heavy atom. The van der Waals surface area contributed by atoms with E-state index in [1.807, 2.05) is 0 Å². The molecule has 0 radical (unpaired) electrons. The van der Waals surface area contributed by atoms with Crippen LogP contribution in [0.4, 0.5) is 10.2 Å². The topological polar surface area (TPSA) is 42.0 Å². The average Bonchev–Trinajstić information content (AvgIpc) is 2.38. The summed E-state index contributed by atoms with van der Waals surface area (Å²) < 4.78 is 12.8. The number of nitrogens with one attached hydrogen (secondary N) is 1. The van der Waals surface area contributed by atoms with Crippen molar-refractivity contribution in [3.05, 3.63) is 24.1 Å². The van der Waals surface area contributed by atoms with Crippen LogP contribution in [0.25, 0.3) is 0 Å². The van der Waals surface area contributed by atoms with E-state index >= 15 is 0 Å². The van der Waals surface area contributed by atoms with Gasteiger partial charge in [-0.2, -0.15) is 4.39 Å². The first-order chi connectivity index (χ1) is 8.74. The van der Waals surface area contributed by atoms with Crippen LogP contribution >= 0.6 is 0 Å². The molecule has 0 spiro atoms. The molecule has 1 aromatic rings. The van der Waals surface area contributed by atoms with Crippen molar-refractivity contribution >= 4 is 11.7 Å². The molecule has 0 unspecified atom stereocenters. The van der Waals surface area contributed by atoms with Gasteiger partial charge in [-0.05, 0) is 24.5 Å². The predicted molar refractivity (Wildman–Crippen MR) is 68.6 cm³/mol. The highest BCUT2D eigenvalue weighted by molar-refractivity contribution is 5.89. The fourth-order valence-corrected chi connectivity index (χ4v) is 2.49. The van der Waals surface area contributed by atoms with Crippen molar-refractivity contribution in [2.45, 2.75) is 44.9 Å². The van der Waals surface area contributed by atoms with Crippen molar-refractivity contribution in [1.82, 2.24) is 4.98 Å². The number of aromatic nitrogens is 1. The van der Waals surface area contributed by atoms with Crippen LogP contribution in [0.5, 0.6) is 0 Å². The number of hydrogen-bond acceptors (Lipinski definition) is 2. The lowest BCUT2D eigenvalue weighted by atomic mass is 9.86. The number of rotatable bonds is 4. The van der Waals surface area contributed by atoms with E-state index in [0.717, 1.165) is 6.42 Å². The summed E-state index contributed by atoms with van der Waals surface area (Å²) in [5.74, 6) is 0.340. The molecule has 0 bridgehead atoms. The van der Waals surface area contributed by atoms with Crippen LogP contribution in [0.1, 0.15) is 44.9 Å². The second kappa shape index (κ2) is 6.47. The van der Waals surface area contributed by atoms with E-state index in [1.54, 1.807) is 12.1 Å². The third-order valence-electron chi connectivity index (χ3n) is 3.49. The molecule has 0 atom stereocenters. The molecule has 98 valence electrons. The molecule has 2 rings (SSSR count). The largest absolute Gasteiger partial charge is 0.311 e. The normalized spacial score (nSPS) is 16.5. The molecular formula is C14H19FN2O. The van der Waals surface area contributed by atoms with Gasteiger partial charge in [-0.3, -0.25) is 4.79 Å². The molecule has 3 nitrogen and oxygen atoms in total. The van der Waals surface area contributed by atoms with Crippen LogP contribution in [0.2, 0.25) is 0 Å². The summed E-state index contributed by atoms with van der Waals surface area (Å²) in [7, 11) is 0. The summed E-state index contributed by atoms with van der Waals surface area (Å²) in [5, 5.41) is 2.63. The van der Waals surface area contributed by atoms with Gasteiger partial charge in [-0.25, -0.2) is 4.98 Å². The Labute approximate surface area is 107 Å². The van der Waals surface area contributed by atoms with Gasteiger partial charge in [0.05, 0.1) is 0 Å². The van der Waals surface area contributed by atoms with Crippen LogP contribution in [-0.4, -0.2) is 10.9 Å². The summed E-state index contributed by atoms with van der Waals surface area (Å²) in [6, 6.07) is 4.40. The van der Waals surface area contributed by atoms with Gasteiger partial charge in [0.25, 0.3) is 0 Å². The van der Waals surface area contributed by atoms with Gasteiger partial charge < -0.3 is 5.32 Å². The Bertz CT molecular complexity index is 403. The van der Waals surface area contributed by atoms with Crippen molar-refractivity contribution in [3.8, 4) is 0 Å². The van der Waals surface area contributed by atoms with Crippen LogP contribution < -0.4 is 5.32 Å². The minimum absolute atomic E-state index is 0.0707. The predicted octanol–water partition coefficient (Wildman–Crippen LogP) is 3.52. The zero-order chi connectivity index (χ0) is 12.8. The van der Waals surface area contributed by atoms with Gasteiger partial charge in [-0.1, -0.05) is 38.2 Å². The average molecular weight is 250 g/mol. The first-order valence-electron chi connectivity index (χ1n) is 6.66. The molecule has 1 amide bonds. The third-order valence-corrected chi connectivity index (χ3v) is 3.49. The van der Waals surface area contributed by atoms with Gasteiger partial charge >= 0.3 is 0 Å². The SMILES string of the molecule is O=C(CCC1CCCCC1)Nc1cccc(F)n1. The number of carbonyl (C=O) groups is 1. The number of nitrogens with zero attached hydrogens (tertiary/aromatic N) is 1. The lowest BCUT2D eigenvalue weighted by Gasteiger charge is -2.20. The quantitative estimate of drug-likeness (QED) is 0.831. The standard InChI is InChI=1S/C14H19FN2O/c15-12-7-4-8-13(16-12)17-14(18)10-9-11-5-2-1-3-6-11/h4,7-8,11H,1-3,5-6,9-10H2,(H,16,17,18). The molecule has 1 heterocycles. The van der Waals surface area contributed by atoms with E-state index in [-0.39, 0.29) is 5.91 Å². The van der Waals surface area contributed by atoms with E-state index in [1.165, 1.54) is 38.2 Å². The first-order valence-corrected chi connectivity index (χ1v) is 6.66. The monoisotopic (exact) mass is 250 g/mol. The highest BCUT2D eigenvalue weighted by Gasteiger charge is 2.15. The Balaban J connectivity index is 1.74. The van der Waals surface area contributed by atoms with Crippen LogP contribution in [-0.2, 0) is 4.79 Å². The zero-order valence-electron chi connectivity index (χ0n) is 10.5. The second-order valence-corrected chi connectivity index (χ2v) is 4.94. The van der Waals surface area contributed by atoms with Gasteiger partial charge in [0.2, 0.25) is 11.9 Å². The summed E-state index contributed by atoms with van der Waals surface area (Å²) in [6.07, 6.45) is 7.83. The van der Waals surface area contributed by atoms with Crippen LogP contribution in [0.3, 0.4) is 0 Å². The van der Waals surface area contributed by atoms with Gasteiger partial charge in [-0.15, -0.1) is 0 Å². The second-order valence-electron chi connectivity index (χ2n) is 4.94. The van der Waals surface area contributed by atoms with E-state index in [0.29, 0.717) is 18.2 Å². The summed E-state index contributed by atoms with van der Waals surface area (Å²) in [6.45, 7) is 0. The molecule has 0 saturated heterocycles. The Hall–Kier alpha value is -1.45. The molecule has 1 aliphatic carbocycles. The van der Waals surface area contributed by atoms with Gasteiger partial charge in [0.1, 0.15) is 5.82 Å². The maximum atomic E-state index is 12.8. The molecule has 1 aliphatic rings. The number of amides is 1. The van der Waals surface area contributed by atoms with Gasteiger partial charge in [0, 0.05) is 6.42 Å². The number of carbonyl (C=O) groups excluding carboxylic acids is 1. The Morgan fingerprint density at radius 3 is 2.83 bits per heavy atom. The molecule has 1 N–H and O–H groups in total. The van der Waals surface area contributed by atoms with Crippen molar-refractivity contribution in [3.63, 3.8) is 0 Å². The molecule has 0 aliphatic heterocycles. The van der Waals surface area contributed by atoms with E-state index in [2.05, 4.69) is 10.3 Å². The van der Waals surface area contributed by atoms with Gasteiger partial charge in [0.15, 0.2) is 0 Å². The van der Waals surface area contributed by atoms with Crippen LogP contribution in [0, 0.1) is 11.9 Å². The number of anilines is 1. The first kappa shape index (κ1) is 13.0. The maximum Gasteiger partial charge on any atom is 0.225 e. The third kappa shape index (κ3) is 4.09. The summed E-state index contributed by atoms with van der Waals surface area (Å²) in [5.41, 5.74) is 0. The summed E-state index contributed by atoms with van der Waals surface area (Å²) >= 11 is 0. The van der Waals surface area contributed by atoms with E-state index in [4.69, 9.17) is 0 Å². The minimum Gasteiger partial charge on any atom is -0.311 e. The minimum atomic E-state index is -0.569. The summed E-state index contributed by atoms with van der Waals surface area (Å²) in [4.78, 5) is 15.3. The van der Waals surface area contributed by atoms with Crippen molar-refractivity contribution in [2.75, 3.05) is 5.32 Å².